The van der Waals surface area contributed by atoms with E-state index in [0.29, 0.717) is 5.88 Å². The largest absolute Gasteiger partial charge is 0.329 e. The third-order valence-electron chi connectivity index (χ3n) is 3.16. The Kier molecular flexibility index (Phi) is 4.46. The molecule has 1 heterocycles. The summed E-state index contributed by atoms with van der Waals surface area (Å²) in [6.07, 6.45) is 3.65. The topological polar surface area (TPSA) is 17.8 Å². The summed E-state index contributed by atoms with van der Waals surface area (Å²) in [5.41, 5.74) is 2.34. The number of nitrogens with zero attached hydrogens (tertiary/aromatic N) is 2. The van der Waals surface area contributed by atoms with Crippen LogP contribution in [0.25, 0.3) is 10.8 Å². The molecule has 4 heteroatoms. The third-order valence-corrected chi connectivity index (χ3v) is 3.43. The standard InChI is InChI=1S/C15H13ClN2.ClH/c16-8-14-9-17-11-18(14)10-13-6-3-5-12-4-1-2-7-15(12)13;/h1-7,9,11H,8,10H2;1H. The van der Waals surface area contributed by atoms with Crippen molar-refractivity contribution in [2.45, 2.75) is 12.4 Å². The lowest BCUT2D eigenvalue weighted by atomic mass is 10.0. The van der Waals surface area contributed by atoms with Crippen molar-refractivity contribution < 1.29 is 0 Å². The van der Waals surface area contributed by atoms with Crippen LogP contribution in [0, 0.1) is 0 Å². The molecule has 0 spiro atoms. The molecule has 2 aromatic carbocycles. The van der Waals surface area contributed by atoms with Crippen molar-refractivity contribution in [1.82, 2.24) is 9.55 Å². The predicted molar refractivity (Wildman–Crippen MR) is 82.1 cm³/mol. The van der Waals surface area contributed by atoms with Gasteiger partial charge in [0.15, 0.2) is 0 Å². The van der Waals surface area contributed by atoms with E-state index < -0.39 is 0 Å². The fourth-order valence-electron chi connectivity index (χ4n) is 2.22. The minimum atomic E-state index is 0. The van der Waals surface area contributed by atoms with E-state index in [2.05, 4.69) is 52.0 Å². The number of imidazole rings is 1. The first-order valence-corrected chi connectivity index (χ1v) is 6.43. The number of alkyl halides is 1. The zero-order chi connectivity index (χ0) is 12.4. The maximum absolute atomic E-state index is 5.90. The van der Waals surface area contributed by atoms with E-state index in [1.54, 1.807) is 0 Å². The van der Waals surface area contributed by atoms with Crippen LogP contribution in [0.15, 0.2) is 55.0 Å². The highest BCUT2D eigenvalue weighted by atomic mass is 35.5. The molecule has 0 aliphatic rings. The lowest BCUT2D eigenvalue weighted by molar-refractivity contribution is 0.769. The van der Waals surface area contributed by atoms with E-state index in [-0.39, 0.29) is 12.4 Å². The van der Waals surface area contributed by atoms with Crippen molar-refractivity contribution in [1.29, 1.82) is 0 Å². The number of hydrogen-bond donors (Lipinski definition) is 0. The van der Waals surface area contributed by atoms with Gasteiger partial charge in [-0.05, 0) is 16.3 Å². The Morgan fingerprint density at radius 1 is 1.05 bits per heavy atom. The summed E-state index contributed by atoms with van der Waals surface area (Å²) < 4.78 is 2.09. The molecule has 1 aromatic heterocycles. The average Bonchev–Trinajstić information content (AvgIpc) is 2.86. The van der Waals surface area contributed by atoms with Crippen LogP contribution in [-0.4, -0.2) is 9.55 Å². The van der Waals surface area contributed by atoms with E-state index in [9.17, 15) is 0 Å². The van der Waals surface area contributed by atoms with Crippen molar-refractivity contribution >= 4 is 34.8 Å². The quantitative estimate of drug-likeness (QED) is 0.660. The smallest absolute Gasteiger partial charge is 0.0951 e. The van der Waals surface area contributed by atoms with Gasteiger partial charge in [0, 0.05) is 12.7 Å². The van der Waals surface area contributed by atoms with Gasteiger partial charge in [-0.1, -0.05) is 42.5 Å². The van der Waals surface area contributed by atoms with Crippen molar-refractivity contribution in [2.24, 2.45) is 0 Å². The van der Waals surface area contributed by atoms with Gasteiger partial charge in [-0.15, -0.1) is 24.0 Å². The second-order valence-electron chi connectivity index (χ2n) is 4.28. The predicted octanol–water partition coefficient (Wildman–Crippen LogP) is 4.25. The molecule has 0 aliphatic carbocycles. The molecule has 0 N–H and O–H groups in total. The maximum Gasteiger partial charge on any atom is 0.0951 e. The van der Waals surface area contributed by atoms with Gasteiger partial charge in [-0.3, -0.25) is 0 Å². The van der Waals surface area contributed by atoms with Crippen LogP contribution in [0.5, 0.6) is 0 Å². The molecule has 0 unspecified atom stereocenters. The van der Waals surface area contributed by atoms with Gasteiger partial charge in [0.2, 0.25) is 0 Å². The first-order valence-electron chi connectivity index (χ1n) is 5.90. The minimum Gasteiger partial charge on any atom is -0.329 e. The van der Waals surface area contributed by atoms with Gasteiger partial charge in [-0.2, -0.15) is 0 Å². The van der Waals surface area contributed by atoms with Gasteiger partial charge in [-0.25, -0.2) is 4.98 Å². The fraction of sp³-hybridized carbons (Fsp3) is 0.133. The summed E-state index contributed by atoms with van der Waals surface area (Å²) in [6, 6.07) is 14.8. The van der Waals surface area contributed by atoms with Gasteiger partial charge in [0.1, 0.15) is 0 Å². The number of benzene rings is 2. The molecule has 0 radical (unpaired) electrons. The Morgan fingerprint density at radius 3 is 2.68 bits per heavy atom. The number of hydrogen-bond acceptors (Lipinski definition) is 1. The van der Waals surface area contributed by atoms with Crippen molar-refractivity contribution in [2.75, 3.05) is 0 Å². The number of rotatable bonds is 3. The molecule has 98 valence electrons. The Hall–Kier alpha value is -1.51. The Bertz CT molecular complexity index is 671. The van der Waals surface area contributed by atoms with Crippen molar-refractivity contribution in [3.8, 4) is 0 Å². The maximum atomic E-state index is 5.90. The average molecular weight is 293 g/mol. The van der Waals surface area contributed by atoms with E-state index in [1.807, 2.05) is 12.5 Å². The zero-order valence-electron chi connectivity index (χ0n) is 10.3. The molecular weight excluding hydrogens is 279 g/mol. The second-order valence-corrected chi connectivity index (χ2v) is 4.55. The number of halogens is 2. The van der Waals surface area contributed by atoms with Gasteiger partial charge >= 0.3 is 0 Å². The summed E-state index contributed by atoms with van der Waals surface area (Å²) in [5, 5.41) is 2.55. The summed E-state index contributed by atoms with van der Waals surface area (Å²) in [6.45, 7) is 0.809. The van der Waals surface area contributed by atoms with Crippen LogP contribution in [-0.2, 0) is 12.4 Å². The normalized spacial score (nSPS) is 10.4. The van der Waals surface area contributed by atoms with Crippen LogP contribution in [0.3, 0.4) is 0 Å². The third kappa shape index (κ3) is 2.75. The summed E-state index contributed by atoms with van der Waals surface area (Å²) in [7, 11) is 0. The van der Waals surface area contributed by atoms with Gasteiger partial charge in [0.25, 0.3) is 0 Å². The molecule has 0 saturated carbocycles. The summed E-state index contributed by atoms with van der Waals surface area (Å²) in [4.78, 5) is 4.15. The molecular formula is C15H14Cl2N2. The molecule has 0 fully saturated rings. The van der Waals surface area contributed by atoms with Gasteiger partial charge in [0.05, 0.1) is 17.9 Å². The Morgan fingerprint density at radius 2 is 1.84 bits per heavy atom. The van der Waals surface area contributed by atoms with E-state index >= 15 is 0 Å². The first-order chi connectivity index (χ1) is 8.88. The number of aromatic nitrogens is 2. The van der Waals surface area contributed by atoms with Crippen LogP contribution in [0.2, 0.25) is 0 Å². The van der Waals surface area contributed by atoms with Crippen molar-refractivity contribution in [3.05, 3.63) is 66.2 Å². The van der Waals surface area contributed by atoms with Crippen LogP contribution in [0.4, 0.5) is 0 Å². The Balaban J connectivity index is 0.00000133. The van der Waals surface area contributed by atoms with Gasteiger partial charge < -0.3 is 4.57 Å². The molecule has 0 aliphatic heterocycles. The SMILES string of the molecule is Cl.ClCc1cncn1Cc1cccc2ccccc12. The molecule has 2 nitrogen and oxygen atoms in total. The lowest BCUT2D eigenvalue weighted by Gasteiger charge is -2.09. The van der Waals surface area contributed by atoms with Crippen LogP contribution >= 0.6 is 24.0 Å². The van der Waals surface area contributed by atoms with E-state index in [0.717, 1.165) is 12.2 Å². The molecule has 0 amide bonds. The molecule has 0 bridgehead atoms. The zero-order valence-corrected chi connectivity index (χ0v) is 11.9. The second kappa shape index (κ2) is 6.09. The Labute approximate surface area is 123 Å². The summed E-state index contributed by atoms with van der Waals surface area (Å²) >= 11 is 5.90. The fourth-order valence-corrected chi connectivity index (χ4v) is 2.44. The molecule has 0 atom stereocenters. The highest BCUT2D eigenvalue weighted by Crippen LogP contribution is 2.20. The summed E-state index contributed by atoms with van der Waals surface area (Å²) in [5.74, 6) is 0.491. The molecule has 19 heavy (non-hydrogen) atoms. The highest BCUT2D eigenvalue weighted by Gasteiger charge is 2.04. The lowest BCUT2D eigenvalue weighted by Crippen LogP contribution is -2.02. The van der Waals surface area contributed by atoms with E-state index in [1.165, 1.54) is 16.3 Å². The molecule has 0 saturated heterocycles. The molecule has 3 aromatic rings. The highest BCUT2D eigenvalue weighted by molar-refractivity contribution is 6.16. The first kappa shape index (κ1) is 13.9. The monoisotopic (exact) mass is 292 g/mol. The van der Waals surface area contributed by atoms with Crippen LogP contribution < -0.4 is 0 Å². The minimum absolute atomic E-state index is 0. The number of fused-ring (bicyclic) bond motifs is 1. The van der Waals surface area contributed by atoms with Crippen molar-refractivity contribution in [3.63, 3.8) is 0 Å². The molecule has 3 rings (SSSR count). The van der Waals surface area contributed by atoms with Crippen LogP contribution in [0.1, 0.15) is 11.3 Å². The van der Waals surface area contributed by atoms with E-state index in [4.69, 9.17) is 11.6 Å².